The first-order valence-corrected chi connectivity index (χ1v) is 9.70. The van der Waals surface area contributed by atoms with Gasteiger partial charge in [0.15, 0.2) is 0 Å². The topological polar surface area (TPSA) is 208 Å². The van der Waals surface area contributed by atoms with E-state index < -0.39 is 60.3 Å². The number of hydrogen-bond donors (Lipinski definition) is 7. The van der Waals surface area contributed by atoms with Crippen LogP contribution in [0.5, 0.6) is 0 Å². The van der Waals surface area contributed by atoms with Crippen molar-refractivity contribution in [3.8, 4) is 0 Å². The zero-order valence-corrected chi connectivity index (χ0v) is 17.2. The van der Waals surface area contributed by atoms with Gasteiger partial charge < -0.3 is 37.0 Å². The zero-order valence-electron chi connectivity index (χ0n) is 17.2. The summed E-state index contributed by atoms with van der Waals surface area (Å²) < 4.78 is 0. The van der Waals surface area contributed by atoms with E-state index in [1.807, 2.05) is 0 Å². The number of carbonyl (C=O) groups is 5. The highest BCUT2D eigenvalue weighted by molar-refractivity contribution is 5.93. The summed E-state index contributed by atoms with van der Waals surface area (Å²) in [5.74, 6) is -4.59. The molecule has 0 radical (unpaired) electrons. The number of carboxylic acid groups (broad SMARTS) is 2. The van der Waals surface area contributed by atoms with Gasteiger partial charge in [0.1, 0.15) is 18.1 Å². The monoisotopic (exact) mass is 432 g/mol. The van der Waals surface area contributed by atoms with Crippen LogP contribution in [-0.4, -0.2) is 75.8 Å². The van der Waals surface area contributed by atoms with Crippen LogP contribution in [0.4, 0.5) is 0 Å². The van der Waals surface area contributed by atoms with E-state index in [0.717, 1.165) is 0 Å². The van der Waals surface area contributed by atoms with Crippen LogP contribution in [0.2, 0.25) is 0 Å². The molecule has 0 aromatic heterocycles. The van der Waals surface area contributed by atoms with Crippen molar-refractivity contribution in [2.45, 2.75) is 76.6 Å². The number of carbonyl (C=O) groups excluding carboxylic acids is 3. The molecule has 8 N–H and O–H groups in total. The van der Waals surface area contributed by atoms with Crippen molar-refractivity contribution in [1.82, 2.24) is 16.0 Å². The van der Waals surface area contributed by atoms with Crippen LogP contribution in [0.25, 0.3) is 0 Å². The Morgan fingerprint density at radius 1 is 0.867 bits per heavy atom. The van der Waals surface area contributed by atoms with Crippen molar-refractivity contribution < 1.29 is 39.3 Å². The molecule has 0 heterocycles. The molecule has 172 valence electrons. The van der Waals surface area contributed by atoms with Gasteiger partial charge in [-0.05, 0) is 46.1 Å². The van der Waals surface area contributed by atoms with Crippen molar-refractivity contribution in [3.05, 3.63) is 0 Å². The largest absolute Gasteiger partial charge is 0.481 e. The summed E-state index contributed by atoms with van der Waals surface area (Å²) in [6.07, 6.45) is -0.415. The van der Waals surface area contributed by atoms with Crippen LogP contribution in [0.3, 0.4) is 0 Å². The lowest BCUT2D eigenvalue weighted by Gasteiger charge is -2.22. The summed E-state index contributed by atoms with van der Waals surface area (Å²) in [5.41, 5.74) is 5.43. The predicted octanol–water partition coefficient (Wildman–Crippen LogP) is -1.69. The van der Waals surface area contributed by atoms with Crippen molar-refractivity contribution in [1.29, 1.82) is 0 Å². The van der Waals surface area contributed by atoms with Gasteiger partial charge in [-0.1, -0.05) is 0 Å². The molecule has 0 aromatic carbocycles. The molecule has 0 aliphatic carbocycles. The summed E-state index contributed by atoms with van der Waals surface area (Å²) in [7, 11) is 0. The molecule has 0 aliphatic rings. The van der Waals surface area contributed by atoms with Gasteiger partial charge in [0.05, 0.1) is 12.5 Å². The molecule has 0 bridgehead atoms. The number of aliphatic hydroxyl groups is 1. The van der Waals surface area contributed by atoms with Gasteiger partial charge in [0.25, 0.3) is 0 Å². The van der Waals surface area contributed by atoms with Gasteiger partial charge in [-0.2, -0.15) is 0 Å². The van der Waals surface area contributed by atoms with Crippen molar-refractivity contribution >= 4 is 29.7 Å². The number of rotatable bonds is 15. The molecule has 0 rings (SSSR count). The minimum Gasteiger partial charge on any atom is -0.481 e. The number of aliphatic carboxylic acids is 2. The fraction of sp³-hybridized carbons (Fsp3) is 0.722. The van der Waals surface area contributed by atoms with E-state index in [9.17, 15) is 29.1 Å². The Bertz CT molecular complexity index is 611. The molecule has 0 spiro atoms. The number of carboxylic acids is 2. The first-order valence-electron chi connectivity index (χ1n) is 9.70. The molecule has 0 fully saturated rings. The molecule has 0 saturated carbocycles. The lowest BCUT2D eigenvalue weighted by atomic mass is 10.1. The minimum atomic E-state index is -1.42. The van der Waals surface area contributed by atoms with Gasteiger partial charge >= 0.3 is 11.9 Å². The minimum absolute atomic E-state index is 0.194. The number of nitrogens with one attached hydrogen (secondary N) is 3. The van der Waals surface area contributed by atoms with E-state index >= 15 is 0 Å². The lowest BCUT2D eigenvalue weighted by molar-refractivity contribution is -0.143. The molecule has 0 aliphatic heterocycles. The van der Waals surface area contributed by atoms with Crippen LogP contribution in [0.15, 0.2) is 0 Å². The standard InChI is InChI=1S/C18H32N4O8/c1-10(23)9-14(24)21-12(5-3-4-8-19)17(28)20-11(2)16(27)22-13(18(29)30)6-7-15(25)26/h10-13,23H,3-9,19H2,1-2H3,(H,20,28)(H,21,24)(H,22,27)(H,25,26)(H,29,30)/t10?,11-,12-,13-/m0/s1. The van der Waals surface area contributed by atoms with Crippen LogP contribution >= 0.6 is 0 Å². The predicted molar refractivity (Wildman–Crippen MR) is 105 cm³/mol. The van der Waals surface area contributed by atoms with E-state index in [0.29, 0.717) is 19.4 Å². The quantitative estimate of drug-likeness (QED) is 0.147. The second-order valence-electron chi connectivity index (χ2n) is 7.02. The maximum Gasteiger partial charge on any atom is 0.326 e. The van der Waals surface area contributed by atoms with E-state index in [1.54, 1.807) is 0 Å². The molecule has 12 heteroatoms. The first-order chi connectivity index (χ1) is 14.0. The van der Waals surface area contributed by atoms with Crippen molar-refractivity contribution in [3.63, 3.8) is 0 Å². The van der Waals surface area contributed by atoms with E-state index in [-0.39, 0.29) is 19.3 Å². The molecule has 1 unspecified atom stereocenters. The van der Waals surface area contributed by atoms with Crippen molar-refractivity contribution in [2.75, 3.05) is 6.54 Å². The van der Waals surface area contributed by atoms with Gasteiger partial charge in [-0.3, -0.25) is 19.2 Å². The molecular formula is C18H32N4O8. The lowest BCUT2D eigenvalue weighted by Crippen LogP contribution is -2.54. The summed E-state index contributed by atoms with van der Waals surface area (Å²) in [6.45, 7) is 3.16. The Hall–Kier alpha value is -2.73. The number of hydrogen-bond acceptors (Lipinski definition) is 7. The van der Waals surface area contributed by atoms with Crippen LogP contribution in [0.1, 0.15) is 52.4 Å². The third-order valence-corrected chi connectivity index (χ3v) is 4.09. The van der Waals surface area contributed by atoms with Crippen LogP contribution < -0.4 is 21.7 Å². The maximum absolute atomic E-state index is 12.5. The normalized spacial score (nSPS) is 14.7. The summed E-state index contributed by atoms with van der Waals surface area (Å²) in [6, 6.07) is -3.51. The summed E-state index contributed by atoms with van der Waals surface area (Å²) in [4.78, 5) is 58.4. The Balaban J connectivity index is 4.94. The van der Waals surface area contributed by atoms with E-state index in [2.05, 4.69) is 16.0 Å². The van der Waals surface area contributed by atoms with Crippen molar-refractivity contribution in [2.24, 2.45) is 5.73 Å². The Morgan fingerprint density at radius 2 is 1.50 bits per heavy atom. The highest BCUT2D eigenvalue weighted by Crippen LogP contribution is 2.04. The average molecular weight is 432 g/mol. The third kappa shape index (κ3) is 12.0. The molecule has 30 heavy (non-hydrogen) atoms. The van der Waals surface area contributed by atoms with Crippen LogP contribution in [-0.2, 0) is 24.0 Å². The fourth-order valence-corrected chi connectivity index (χ4v) is 2.48. The SMILES string of the molecule is CC(O)CC(=O)N[C@@H](CCCCN)C(=O)N[C@@H](C)C(=O)N[C@@H](CCC(=O)O)C(=O)O. The Labute approximate surface area is 174 Å². The number of nitrogens with two attached hydrogens (primary N) is 1. The van der Waals surface area contributed by atoms with Gasteiger partial charge in [-0.25, -0.2) is 4.79 Å². The van der Waals surface area contributed by atoms with E-state index in [1.165, 1.54) is 13.8 Å². The maximum atomic E-state index is 12.5. The first kappa shape index (κ1) is 27.3. The second-order valence-corrected chi connectivity index (χ2v) is 7.02. The fourth-order valence-electron chi connectivity index (χ4n) is 2.48. The Morgan fingerprint density at radius 3 is 2.00 bits per heavy atom. The molecule has 3 amide bonds. The smallest absolute Gasteiger partial charge is 0.326 e. The number of amides is 3. The molecule has 4 atom stereocenters. The molecular weight excluding hydrogens is 400 g/mol. The second kappa shape index (κ2) is 14.3. The third-order valence-electron chi connectivity index (χ3n) is 4.09. The Kier molecular flexibility index (Phi) is 13.0. The number of unbranched alkanes of at least 4 members (excludes halogenated alkanes) is 1. The van der Waals surface area contributed by atoms with E-state index in [4.69, 9.17) is 15.9 Å². The van der Waals surface area contributed by atoms with Gasteiger partial charge in [-0.15, -0.1) is 0 Å². The molecule has 0 saturated heterocycles. The highest BCUT2D eigenvalue weighted by atomic mass is 16.4. The van der Waals surface area contributed by atoms with Gasteiger partial charge in [0, 0.05) is 6.42 Å². The summed E-state index contributed by atoms with van der Waals surface area (Å²) in [5, 5.41) is 34.2. The van der Waals surface area contributed by atoms with Crippen LogP contribution in [0, 0.1) is 0 Å². The van der Waals surface area contributed by atoms with Gasteiger partial charge in [0.2, 0.25) is 17.7 Å². The highest BCUT2D eigenvalue weighted by Gasteiger charge is 2.27. The zero-order chi connectivity index (χ0) is 23.3. The summed E-state index contributed by atoms with van der Waals surface area (Å²) >= 11 is 0. The molecule has 12 nitrogen and oxygen atoms in total. The number of aliphatic hydroxyl groups excluding tert-OH is 1. The average Bonchev–Trinajstić information content (AvgIpc) is 2.62. The molecule has 0 aromatic rings.